The number of ether oxygens (including phenoxy) is 1. The fraction of sp³-hybridized carbons (Fsp3) is 0.318. The average molecular weight is 410 g/mol. The molecule has 1 aromatic heterocycles. The van der Waals surface area contributed by atoms with Crippen molar-refractivity contribution in [2.24, 2.45) is 0 Å². The van der Waals surface area contributed by atoms with Gasteiger partial charge < -0.3 is 9.64 Å². The Kier molecular flexibility index (Phi) is 5.69. The highest BCUT2D eigenvalue weighted by atomic mass is 32.2. The number of hydrogen-bond acceptors (Lipinski definition) is 5. The SMILES string of the molecule is COCCn1c(SCC(=O)N2c3ccccc3C[C@H]2C)nc2ccccc2c1=O. The van der Waals surface area contributed by atoms with E-state index in [0.717, 1.165) is 12.1 Å². The topological polar surface area (TPSA) is 64.4 Å². The maximum Gasteiger partial charge on any atom is 0.262 e. The lowest BCUT2D eigenvalue weighted by molar-refractivity contribution is -0.116. The second-order valence-electron chi connectivity index (χ2n) is 7.10. The van der Waals surface area contributed by atoms with E-state index in [2.05, 4.69) is 18.0 Å². The molecule has 0 saturated carbocycles. The number of fused-ring (bicyclic) bond motifs is 2. The van der Waals surface area contributed by atoms with Gasteiger partial charge in [0.25, 0.3) is 5.56 Å². The highest BCUT2D eigenvalue weighted by Gasteiger charge is 2.30. The highest BCUT2D eigenvalue weighted by molar-refractivity contribution is 7.99. The number of nitrogens with zero attached hydrogens (tertiary/aromatic N) is 3. The van der Waals surface area contributed by atoms with Crippen molar-refractivity contribution in [1.29, 1.82) is 0 Å². The molecule has 1 atom stereocenters. The van der Waals surface area contributed by atoms with E-state index >= 15 is 0 Å². The second kappa shape index (κ2) is 8.39. The summed E-state index contributed by atoms with van der Waals surface area (Å²) in [5.41, 5.74) is 2.71. The van der Waals surface area contributed by atoms with Crippen LogP contribution in [0.1, 0.15) is 12.5 Å². The Labute approximate surface area is 173 Å². The number of para-hydroxylation sites is 2. The lowest BCUT2D eigenvalue weighted by Crippen LogP contribution is -2.37. The van der Waals surface area contributed by atoms with Crippen molar-refractivity contribution in [3.05, 3.63) is 64.4 Å². The van der Waals surface area contributed by atoms with Gasteiger partial charge in [-0.2, -0.15) is 0 Å². The van der Waals surface area contributed by atoms with Crippen molar-refractivity contribution in [3.63, 3.8) is 0 Å². The summed E-state index contributed by atoms with van der Waals surface area (Å²) in [5, 5.41) is 1.11. The van der Waals surface area contributed by atoms with Crippen LogP contribution in [-0.2, 0) is 22.5 Å². The van der Waals surface area contributed by atoms with Crippen molar-refractivity contribution >= 4 is 34.3 Å². The van der Waals surface area contributed by atoms with Crippen LogP contribution in [0, 0.1) is 0 Å². The summed E-state index contributed by atoms with van der Waals surface area (Å²) in [6.07, 6.45) is 0.860. The van der Waals surface area contributed by atoms with Crippen LogP contribution in [0.25, 0.3) is 10.9 Å². The van der Waals surface area contributed by atoms with E-state index in [1.165, 1.54) is 17.3 Å². The molecule has 0 unspecified atom stereocenters. The van der Waals surface area contributed by atoms with Crippen LogP contribution >= 0.6 is 11.8 Å². The first kappa shape index (κ1) is 19.7. The summed E-state index contributed by atoms with van der Waals surface area (Å²) >= 11 is 1.30. The van der Waals surface area contributed by atoms with E-state index in [9.17, 15) is 9.59 Å². The number of aromatic nitrogens is 2. The number of hydrogen-bond donors (Lipinski definition) is 0. The van der Waals surface area contributed by atoms with E-state index in [-0.39, 0.29) is 23.3 Å². The Morgan fingerprint density at radius 2 is 1.97 bits per heavy atom. The minimum atomic E-state index is -0.109. The minimum Gasteiger partial charge on any atom is -0.383 e. The van der Waals surface area contributed by atoms with Gasteiger partial charge in [0, 0.05) is 18.8 Å². The monoisotopic (exact) mass is 409 g/mol. The zero-order valence-electron chi connectivity index (χ0n) is 16.5. The van der Waals surface area contributed by atoms with Crippen molar-refractivity contribution in [3.8, 4) is 0 Å². The molecule has 1 aliphatic heterocycles. The van der Waals surface area contributed by atoms with Crippen LogP contribution in [0.3, 0.4) is 0 Å². The quantitative estimate of drug-likeness (QED) is 0.462. The molecule has 4 rings (SSSR count). The predicted octanol–water partition coefficient (Wildman–Crippen LogP) is 3.11. The van der Waals surface area contributed by atoms with Crippen LogP contribution in [0.15, 0.2) is 58.5 Å². The minimum absolute atomic E-state index is 0.0214. The number of carbonyl (C=O) groups is 1. The Hall–Kier alpha value is -2.64. The van der Waals surface area contributed by atoms with Crippen molar-refractivity contribution in [2.75, 3.05) is 24.4 Å². The second-order valence-corrected chi connectivity index (χ2v) is 8.04. The number of thioether (sulfide) groups is 1. The normalized spacial score (nSPS) is 15.7. The standard InChI is InChI=1S/C22H23N3O3S/c1-15-13-16-7-3-6-10-19(16)25(15)20(26)14-29-22-23-18-9-5-4-8-17(18)21(27)24(22)11-12-28-2/h3-10,15H,11-14H2,1-2H3/t15-/m1/s1. The molecular formula is C22H23N3O3S. The van der Waals surface area contributed by atoms with Gasteiger partial charge in [0.1, 0.15) is 0 Å². The molecule has 7 heteroatoms. The molecule has 0 fully saturated rings. The van der Waals surface area contributed by atoms with E-state index < -0.39 is 0 Å². The van der Waals surface area contributed by atoms with Crippen LogP contribution in [-0.4, -0.2) is 41.0 Å². The molecule has 0 aliphatic carbocycles. The van der Waals surface area contributed by atoms with Gasteiger partial charge in [0.2, 0.25) is 5.91 Å². The third-order valence-corrected chi connectivity index (χ3v) is 6.11. The maximum atomic E-state index is 13.0. The number of carbonyl (C=O) groups excluding carboxylic acids is 1. The van der Waals surface area contributed by atoms with E-state index in [0.29, 0.717) is 29.2 Å². The van der Waals surface area contributed by atoms with Gasteiger partial charge in [-0.3, -0.25) is 14.2 Å². The molecule has 0 spiro atoms. The molecule has 150 valence electrons. The number of benzene rings is 2. The third-order valence-electron chi connectivity index (χ3n) is 5.15. The summed E-state index contributed by atoms with van der Waals surface area (Å²) < 4.78 is 6.76. The zero-order chi connectivity index (χ0) is 20.4. The first-order chi connectivity index (χ1) is 14.1. The molecule has 0 saturated heterocycles. The van der Waals surface area contributed by atoms with E-state index in [1.807, 2.05) is 41.3 Å². The van der Waals surface area contributed by atoms with Crippen LogP contribution in [0.2, 0.25) is 0 Å². The molecule has 1 aliphatic rings. The number of methoxy groups -OCH3 is 1. The van der Waals surface area contributed by atoms with Gasteiger partial charge in [-0.15, -0.1) is 0 Å². The Bertz CT molecular complexity index is 1110. The predicted molar refractivity (Wildman–Crippen MR) is 116 cm³/mol. The lowest BCUT2D eigenvalue weighted by atomic mass is 10.1. The Balaban J connectivity index is 1.61. The van der Waals surface area contributed by atoms with Crippen LogP contribution in [0.5, 0.6) is 0 Å². The van der Waals surface area contributed by atoms with E-state index in [1.54, 1.807) is 17.7 Å². The van der Waals surface area contributed by atoms with Crippen molar-refractivity contribution in [2.45, 2.75) is 31.1 Å². The fourth-order valence-corrected chi connectivity index (χ4v) is 4.66. The van der Waals surface area contributed by atoms with E-state index in [4.69, 9.17) is 4.74 Å². The largest absolute Gasteiger partial charge is 0.383 e. The van der Waals surface area contributed by atoms with Crippen molar-refractivity contribution < 1.29 is 9.53 Å². The average Bonchev–Trinajstić information content (AvgIpc) is 3.07. The molecule has 0 N–H and O–H groups in total. The number of rotatable bonds is 6. The summed E-state index contributed by atoms with van der Waals surface area (Å²) in [6.45, 7) is 2.86. The molecule has 0 radical (unpaired) electrons. The maximum absolute atomic E-state index is 13.0. The molecular weight excluding hydrogens is 386 g/mol. The van der Waals surface area contributed by atoms with Gasteiger partial charge in [-0.25, -0.2) is 4.98 Å². The molecule has 29 heavy (non-hydrogen) atoms. The molecule has 2 aromatic carbocycles. The third kappa shape index (κ3) is 3.80. The summed E-state index contributed by atoms with van der Waals surface area (Å²) in [5.74, 6) is 0.240. The first-order valence-corrected chi connectivity index (χ1v) is 10.6. The number of amides is 1. The fourth-order valence-electron chi connectivity index (χ4n) is 3.78. The summed E-state index contributed by atoms with van der Waals surface area (Å²) in [7, 11) is 1.60. The Morgan fingerprint density at radius 3 is 2.79 bits per heavy atom. The number of anilines is 1. The molecule has 2 heterocycles. The summed E-state index contributed by atoms with van der Waals surface area (Å²) in [6, 6.07) is 15.4. The first-order valence-electron chi connectivity index (χ1n) is 9.61. The molecule has 3 aromatic rings. The van der Waals surface area contributed by atoms with Gasteiger partial charge in [0.05, 0.1) is 29.8 Å². The van der Waals surface area contributed by atoms with Gasteiger partial charge >= 0.3 is 0 Å². The highest BCUT2D eigenvalue weighted by Crippen LogP contribution is 2.32. The zero-order valence-corrected chi connectivity index (χ0v) is 17.3. The smallest absolute Gasteiger partial charge is 0.262 e. The molecule has 1 amide bonds. The lowest BCUT2D eigenvalue weighted by Gasteiger charge is -2.22. The van der Waals surface area contributed by atoms with Crippen LogP contribution in [0.4, 0.5) is 5.69 Å². The van der Waals surface area contributed by atoms with Gasteiger partial charge in [0.15, 0.2) is 5.16 Å². The van der Waals surface area contributed by atoms with Gasteiger partial charge in [-0.1, -0.05) is 42.1 Å². The summed E-state index contributed by atoms with van der Waals surface area (Å²) in [4.78, 5) is 32.5. The molecule has 6 nitrogen and oxygen atoms in total. The van der Waals surface area contributed by atoms with Crippen LogP contribution < -0.4 is 10.5 Å². The van der Waals surface area contributed by atoms with Crippen molar-refractivity contribution in [1.82, 2.24) is 9.55 Å². The van der Waals surface area contributed by atoms with Gasteiger partial charge in [-0.05, 0) is 37.1 Å². The Morgan fingerprint density at radius 1 is 1.21 bits per heavy atom. The molecule has 0 bridgehead atoms.